The van der Waals surface area contributed by atoms with Crippen molar-refractivity contribution in [3.05, 3.63) is 80.7 Å². The summed E-state index contributed by atoms with van der Waals surface area (Å²) in [5.41, 5.74) is 1.30. The van der Waals surface area contributed by atoms with Crippen molar-refractivity contribution in [2.45, 2.75) is 25.4 Å². The topological polar surface area (TPSA) is 121 Å². The number of ether oxygens (including phenoxy) is 3. The Kier molecular flexibility index (Phi) is 5.18. The van der Waals surface area contributed by atoms with E-state index in [0.717, 1.165) is 17.8 Å². The van der Waals surface area contributed by atoms with Crippen molar-refractivity contribution in [3.8, 4) is 11.5 Å². The summed E-state index contributed by atoms with van der Waals surface area (Å²) in [6, 6.07) is 12.6. The highest BCUT2D eigenvalue weighted by Crippen LogP contribution is 2.41. The van der Waals surface area contributed by atoms with Crippen LogP contribution in [0, 0.1) is 0 Å². The van der Waals surface area contributed by atoms with Gasteiger partial charge < -0.3 is 19.5 Å². The molecular weight excluding hydrogens is 472 g/mol. The van der Waals surface area contributed by atoms with Gasteiger partial charge in [-0.15, -0.1) is 0 Å². The van der Waals surface area contributed by atoms with Gasteiger partial charge in [0.15, 0.2) is 11.5 Å². The first-order chi connectivity index (χ1) is 17.0. The summed E-state index contributed by atoms with van der Waals surface area (Å²) in [7, 11) is 0. The number of hydrogen-bond donors (Lipinski definition) is 1. The van der Waals surface area contributed by atoms with Gasteiger partial charge in [0.1, 0.15) is 11.6 Å². The molecule has 10 nitrogen and oxygen atoms in total. The van der Waals surface area contributed by atoms with Crippen molar-refractivity contribution in [1.29, 1.82) is 0 Å². The Morgan fingerprint density at radius 2 is 1.83 bits per heavy atom. The lowest BCUT2D eigenvalue weighted by Crippen LogP contribution is -2.16. The van der Waals surface area contributed by atoms with Crippen LogP contribution in [0.15, 0.2) is 53.3 Å². The number of esters is 1. The molecular formula is C24H18N4O6S. The molecule has 3 heterocycles. The van der Waals surface area contributed by atoms with Crippen LogP contribution in [0.5, 0.6) is 11.5 Å². The van der Waals surface area contributed by atoms with E-state index >= 15 is 0 Å². The number of anilines is 1. The second-order valence-electron chi connectivity index (χ2n) is 8.17. The van der Waals surface area contributed by atoms with Gasteiger partial charge in [-0.2, -0.15) is 9.61 Å². The number of carbonyl (C=O) groups is 2. The summed E-state index contributed by atoms with van der Waals surface area (Å²) in [6.07, 6.45) is 2.17. The normalized spacial score (nSPS) is 14.2. The van der Waals surface area contributed by atoms with E-state index in [4.69, 9.17) is 14.2 Å². The molecule has 1 amide bonds. The lowest BCUT2D eigenvalue weighted by molar-refractivity contribution is 0.0467. The van der Waals surface area contributed by atoms with Crippen molar-refractivity contribution in [2.75, 3.05) is 12.1 Å². The number of rotatable bonds is 6. The molecule has 35 heavy (non-hydrogen) atoms. The minimum atomic E-state index is -0.566. The number of benzene rings is 2. The van der Waals surface area contributed by atoms with Gasteiger partial charge in [-0.1, -0.05) is 11.3 Å². The highest BCUT2D eigenvalue weighted by atomic mass is 32.1. The maximum absolute atomic E-state index is 12.5. The van der Waals surface area contributed by atoms with Crippen LogP contribution in [-0.2, 0) is 11.3 Å². The third kappa shape index (κ3) is 4.33. The van der Waals surface area contributed by atoms with E-state index < -0.39 is 5.97 Å². The lowest BCUT2D eigenvalue weighted by atomic mass is 10.1. The quantitative estimate of drug-likeness (QED) is 0.409. The highest BCUT2D eigenvalue weighted by molar-refractivity contribution is 7.16. The maximum atomic E-state index is 12.5. The third-order valence-corrected chi connectivity index (χ3v) is 6.68. The molecule has 11 heteroatoms. The fraction of sp³-hybridized carbons (Fsp3) is 0.208. The Morgan fingerprint density at radius 1 is 1.06 bits per heavy atom. The minimum Gasteiger partial charge on any atom is -0.456 e. The van der Waals surface area contributed by atoms with Crippen LogP contribution in [0.3, 0.4) is 0 Å². The zero-order valence-corrected chi connectivity index (χ0v) is 19.0. The van der Waals surface area contributed by atoms with E-state index in [0.29, 0.717) is 44.9 Å². The van der Waals surface area contributed by atoms with Crippen molar-refractivity contribution in [1.82, 2.24) is 14.6 Å². The van der Waals surface area contributed by atoms with Crippen LogP contribution >= 0.6 is 11.3 Å². The molecule has 1 N–H and O–H groups in total. The first-order valence-corrected chi connectivity index (χ1v) is 11.7. The molecule has 0 bridgehead atoms. The maximum Gasteiger partial charge on any atom is 0.338 e. The molecule has 6 rings (SSSR count). The smallest absolute Gasteiger partial charge is 0.338 e. The molecule has 0 radical (unpaired) electrons. The van der Waals surface area contributed by atoms with Crippen LogP contribution < -0.4 is 20.3 Å². The van der Waals surface area contributed by atoms with E-state index in [1.165, 1.54) is 21.9 Å². The molecule has 1 saturated carbocycles. The van der Waals surface area contributed by atoms with E-state index in [2.05, 4.69) is 15.4 Å². The fourth-order valence-corrected chi connectivity index (χ4v) is 4.69. The van der Waals surface area contributed by atoms with Gasteiger partial charge >= 0.3 is 5.97 Å². The second-order valence-corrected chi connectivity index (χ2v) is 9.16. The Morgan fingerprint density at radius 3 is 2.63 bits per heavy atom. The van der Waals surface area contributed by atoms with Crippen LogP contribution in [0.2, 0.25) is 0 Å². The van der Waals surface area contributed by atoms with Crippen molar-refractivity contribution >= 4 is 33.9 Å². The molecule has 2 aromatic carbocycles. The number of aromatic nitrogens is 3. The predicted molar refractivity (Wildman–Crippen MR) is 125 cm³/mol. The molecule has 1 fully saturated rings. The van der Waals surface area contributed by atoms with Crippen LogP contribution in [0.25, 0.3) is 4.96 Å². The number of carbonyl (C=O) groups excluding carboxylic acids is 2. The first-order valence-electron chi connectivity index (χ1n) is 10.9. The Bertz CT molecular complexity index is 1520. The number of nitrogens with one attached hydrogen (secondary N) is 1. The van der Waals surface area contributed by atoms with Crippen molar-refractivity contribution in [3.63, 3.8) is 0 Å². The van der Waals surface area contributed by atoms with Crippen LogP contribution in [0.1, 0.15) is 50.2 Å². The van der Waals surface area contributed by atoms with E-state index in [1.807, 2.05) is 0 Å². The first kappa shape index (κ1) is 21.3. The predicted octanol–water partition coefficient (Wildman–Crippen LogP) is 3.37. The molecule has 4 aromatic rings. The zero-order valence-electron chi connectivity index (χ0n) is 18.2. The highest BCUT2D eigenvalue weighted by Gasteiger charge is 2.28. The van der Waals surface area contributed by atoms with E-state index in [1.54, 1.807) is 42.5 Å². The van der Waals surface area contributed by atoms with Crippen molar-refractivity contribution in [2.24, 2.45) is 0 Å². The summed E-state index contributed by atoms with van der Waals surface area (Å²) in [6.45, 7) is -0.00389. The Balaban J connectivity index is 1.08. The van der Waals surface area contributed by atoms with Gasteiger partial charge in [-0.05, 0) is 55.3 Å². The van der Waals surface area contributed by atoms with Crippen molar-refractivity contribution < 1.29 is 23.8 Å². The van der Waals surface area contributed by atoms with Gasteiger partial charge in [0.25, 0.3) is 11.5 Å². The van der Waals surface area contributed by atoms with Gasteiger partial charge in [0.2, 0.25) is 11.8 Å². The molecule has 0 unspecified atom stereocenters. The monoisotopic (exact) mass is 490 g/mol. The summed E-state index contributed by atoms with van der Waals surface area (Å²) in [5, 5.41) is 8.02. The van der Waals surface area contributed by atoms with Gasteiger partial charge in [-0.25, -0.2) is 9.78 Å². The number of hydrogen-bond acceptors (Lipinski definition) is 9. The van der Waals surface area contributed by atoms with E-state index in [9.17, 15) is 14.4 Å². The Labute approximate surface area is 202 Å². The molecule has 1 aliphatic carbocycles. The summed E-state index contributed by atoms with van der Waals surface area (Å²) in [4.78, 5) is 42.2. The number of amides is 1. The lowest BCUT2D eigenvalue weighted by Gasteiger charge is -2.08. The average Bonchev–Trinajstić information content (AvgIpc) is 3.44. The summed E-state index contributed by atoms with van der Waals surface area (Å²) >= 11 is 1.39. The molecule has 2 aliphatic rings. The van der Waals surface area contributed by atoms with E-state index in [-0.39, 0.29) is 24.9 Å². The van der Waals surface area contributed by atoms with Crippen LogP contribution in [-0.4, -0.2) is 33.3 Å². The SMILES string of the molecule is O=C(Nc1ccc(C(=O)OCc2cc(=O)n3nc(C4CC4)sc3n2)cc1)c1ccc2c(c1)OCO2. The van der Waals surface area contributed by atoms with Crippen LogP contribution in [0.4, 0.5) is 5.69 Å². The minimum absolute atomic E-state index is 0.131. The summed E-state index contributed by atoms with van der Waals surface area (Å²) in [5.74, 6) is 0.653. The third-order valence-electron chi connectivity index (χ3n) is 5.60. The molecule has 0 spiro atoms. The number of nitrogens with zero attached hydrogens (tertiary/aromatic N) is 3. The summed E-state index contributed by atoms with van der Waals surface area (Å²) < 4.78 is 17.2. The standard InChI is InChI=1S/C24H18N4O6S/c29-20-10-17(26-24-28(20)27-22(35-24)13-1-2-13)11-32-23(31)14-3-6-16(7-4-14)25-21(30)15-5-8-18-19(9-15)34-12-33-18/h3-10,13H,1-2,11-12H2,(H,25,30). The second kappa shape index (κ2) is 8.51. The Hall–Kier alpha value is -4.25. The van der Waals surface area contributed by atoms with Gasteiger partial charge in [-0.3, -0.25) is 9.59 Å². The molecule has 1 aliphatic heterocycles. The largest absolute Gasteiger partial charge is 0.456 e. The molecule has 0 atom stereocenters. The number of fused-ring (bicyclic) bond motifs is 2. The molecule has 0 saturated heterocycles. The zero-order chi connectivity index (χ0) is 23.9. The fourth-order valence-electron chi connectivity index (χ4n) is 3.59. The molecule has 2 aromatic heterocycles. The van der Waals surface area contributed by atoms with Gasteiger partial charge in [0, 0.05) is 23.2 Å². The average molecular weight is 490 g/mol. The molecule has 176 valence electrons. The van der Waals surface area contributed by atoms with Gasteiger partial charge in [0.05, 0.1) is 11.3 Å².